The van der Waals surface area contributed by atoms with Crippen molar-refractivity contribution in [3.8, 4) is 0 Å². The van der Waals surface area contributed by atoms with Crippen LogP contribution in [0.1, 0.15) is 11.7 Å². The lowest BCUT2D eigenvalue weighted by molar-refractivity contribution is -0.156. The predicted octanol–water partition coefficient (Wildman–Crippen LogP) is 0.393. The number of ether oxygens (including phenoxy) is 1. The van der Waals surface area contributed by atoms with Crippen molar-refractivity contribution in [3.63, 3.8) is 0 Å². The van der Waals surface area contributed by atoms with E-state index in [0.29, 0.717) is 0 Å². The molecule has 0 saturated heterocycles. The minimum atomic E-state index is -1.79. The van der Waals surface area contributed by atoms with E-state index in [1.807, 2.05) is 0 Å². The standard InChI is InChI=1S/C10H11FO4/c1-15-10(14)9(13)8(12)6-4-2-3-5-7(6)11/h2-5,8-9,12-13H,1H3. The van der Waals surface area contributed by atoms with Crippen LogP contribution in [0.5, 0.6) is 0 Å². The zero-order valence-electron chi connectivity index (χ0n) is 8.05. The summed E-state index contributed by atoms with van der Waals surface area (Å²) in [5, 5.41) is 18.8. The van der Waals surface area contributed by atoms with Crippen molar-refractivity contribution in [1.82, 2.24) is 0 Å². The van der Waals surface area contributed by atoms with Crippen molar-refractivity contribution in [3.05, 3.63) is 35.6 Å². The molecule has 0 aliphatic carbocycles. The lowest BCUT2D eigenvalue weighted by atomic mass is 10.0. The molecule has 15 heavy (non-hydrogen) atoms. The second-order valence-electron chi connectivity index (χ2n) is 2.93. The predicted molar refractivity (Wildman–Crippen MR) is 49.4 cm³/mol. The second-order valence-corrected chi connectivity index (χ2v) is 2.93. The lowest BCUT2D eigenvalue weighted by Gasteiger charge is -2.16. The van der Waals surface area contributed by atoms with Crippen LogP contribution in [0, 0.1) is 5.82 Å². The molecule has 0 aliphatic rings. The molecule has 1 aromatic rings. The monoisotopic (exact) mass is 214 g/mol. The largest absolute Gasteiger partial charge is 0.467 e. The van der Waals surface area contributed by atoms with Gasteiger partial charge >= 0.3 is 5.97 Å². The molecule has 0 fully saturated rings. The maximum absolute atomic E-state index is 13.1. The molecule has 1 rings (SSSR count). The molecule has 2 N–H and O–H groups in total. The maximum atomic E-state index is 13.1. The average molecular weight is 214 g/mol. The van der Waals surface area contributed by atoms with Crippen LogP contribution in [0.15, 0.2) is 24.3 Å². The van der Waals surface area contributed by atoms with Crippen LogP contribution in [-0.4, -0.2) is 29.4 Å². The Morgan fingerprint density at radius 1 is 1.40 bits per heavy atom. The van der Waals surface area contributed by atoms with Crippen molar-refractivity contribution in [2.75, 3.05) is 7.11 Å². The number of halogens is 1. The highest BCUT2D eigenvalue weighted by Gasteiger charge is 2.28. The molecular weight excluding hydrogens is 203 g/mol. The van der Waals surface area contributed by atoms with Gasteiger partial charge in [-0.05, 0) is 6.07 Å². The fraction of sp³-hybridized carbons (Fsp3) is 0.300. The number of hydrogen-bond acceptors (Lipinski definition) is 4. The van der Waals surface area contributed by atoms with E-state index >= 15 is 0 Å². The zero-order chi connectivity index (χ0) is 11.4. The van der Waals surface area contributed by atoms with Crippen LogP contribution >= 0.6 is 0 Å². The van der Waals surface area contributed by atoms with Gasteiger partial charge in [0.2, 0.25) is 0 Å². The highest BCUT2D eigenvalue weighted by molar-refractivity contribution is 5.75. The summed E-state index contributed by atoms with van der Waals surface area (Å²) in [6, 6.07) is 5.34. The summed E-state index contributed by atoms with van der Waals surface area (Å²) < 4.78 is 17.4. The number of aliphatic hydroxyl groups is 2. The number of benzene rings is 1. The van der Waals surface area contributed by atoms with Crippen molar-refractivity contribution in [1.29, 1.82) is 0 Å². The first-order valence-corrected chi connectivity index (χ1v) is 4.26. The summed E-state index contributed by atoms with van der Waals surface area (Å²) in [6.45, 7) is 0. The van der Waals surface area contributed by atoms with Gasteiger partial charge in [-0.1, -0.05) is 18.2 Å². The van der Waals surface area contributed by atoms with E-state index in [1.165, 1.54) is 18.2 Å². The van der Waals surface area contributed by atoms with Gasteiger partial charge in [0, 0.05) is 5.56 Å². The molecule has 0 amide bonds. The Kier molecular flexibility index (Phi) is 3.76. The third-order valence-electron chi connectivity index (χ3n) is 1.97. The van der Waals surface area contributed by atoms with E-state index in [-0.39, 0.29) is 5.56 Å². The normalized spacial score (nSPS) is 14.4. The molecule has 0 aliphatic heterocycles. The molecule has 2 unspecified atom stereocenters. The van der Waals surface area contributed by atoms with E-state index in [9.17, 15) is 19.4 Å². The van der Waals surface area contributed by atoms with Crippen LogP contribution in [0.2, 0.25) is 0 Å². The van der Waals surface area contributed by atoms with Crippen molar-refractivity contribution < 1.29 is 24.1 Å². The molecule has 0 radical (unpaired) electrons. The zero-order valence-corrected chi connectivity index (χ0v) is 8.05. The molecule has 5 heteroatoms. The molecule has 2 atom stereocenters. The van der Waals surface area contributed by atoms with E-state index < -0.39 is 24.0 Å². The Bertz CT molecular complexity index is 353. The highest BCUT2D eigenvalue weighted by Crippen LogP contribution is 2.20. The number of carbonyl (C=O) groups excluding carboxylic acids is 1. The first-order chi connectivity index (χ1) is 7.07. The molecule has 82 valence electrons. The second kappa shape index (κ2) is 4.86. The molecular formula is C10H11FO4. The van der Waals surface area contributed by atoms with E-state index in [4.69, 9.17) is 0 Å². The molecule has 0 saturated carbocycles. The molecule has 0 heterocycles. The highest BCUT2D eigenvalue weighted by atomic mass is 19.1. The van der Waals surface area contributed by atoms with Crippen molar-refractivity contribution in [2.45, 2.75) is 12.2 Å². The molecule has 1 aromatic carbocycles. The third-order valence-corrected chi connectivity index (χ3v) is 1.97. The van der Waals surface area contributed by atoms with E-state index in [0.717, 1.165) is 13.2 Å². The Labute approximate surface area is 85.9 Å². The van der Waals surface area contributed by atoms with Gasteiger partial charge in [0.15, 0.2) is 6.10 Å². The van der Waals surface area contributed by atoms with Crippen molar-refractivity contribution >= 4 is 5.97 Å². The average Bonchev–Trinajstić information content (AvgIpc) is 2.26. The van der Waals surface area contributed by atoms with Gasteiger partial charge in [0.25, 0.3) is 0 Å². The number of methoxy groups -OCH3 is 1. The van der Waals surface area contributed by atoms with Crippen LogP contribution < -0.4 is 0 Å². The minimum absolute atomic E-state index is 0.143. The van der Waals surface area contributed by atoms with Crippen LogP contribution in [-0.2, 0) is 9.53 Å². The quantitative estimate of drug-likeness (QED) is 0.714. The number of esters is 1. The van der Waals surface area contributed by atoms with Gasteiger partial charge in [0.1, 0.15) is 11.9 Å². The fourth-order valence-electron chi connectivity index (χ4n) is 1.13. The Morgan fingerprint density at radius 3 is 2.53 bits per heavy atom. The third kappa shape index (κ3) is 2.51. The first-order valence-electron chi connectivity index (χ1n) is 4.26. The lowest BCUT2D eigenvalue weighted by Crippen LogP contribution is -2.29. The molecule has 4 nitrogen and oxygen atoms in total. The first kappa shape index (κ1) is 11.6. The smallest absolute Gasteiger partial charge is 0.337 e. The van der Waals surface area contributed by atoms with Crippen molar-refractivity contribution in [2.24, 2.45) is 0 Å². The maximum Gasteiger partial charge on any atom is 0.337 e. The summed E-state index contributed by atoms with van der Waals surface area (Å²) in [4.78, 5) is 10.9. The van der Waals surface area contributed by atoms with E-state index in [2.05, 4.69) is 4.74 Å². The van der Waals surface area contributed by atoms with Gasteiger partial charge in [-0.3, -0.25) is 0 Å². The Balaban J connectivity index is 2.89. The number of aliphatic hydroxyl groups excluding tert-OH is 2. The fourth-order valence-corrected chi connectivity index (χ4v) is 1.13. The summed E-state index contributed by atoms with van der Waals surface area (Å²) in [5.41, 5.74) is -0.143. The topological polar surface area (TPSA) is 66.8 Å². The van der Waals surface area contributed by atoms with Crippen LogP contribution in [0.25, 0.3) is 0 Å². The van der Waals surface area contributed by atoms with E-state index in [1.54, 1.807) is 0 Å². The van der Waals surface area contributed by atoms with Gasteiger partial charge in [0.05, 0.1) is 7.11 Å². The molecule has 0 spiro atoms. The summed E-state index contributed by atoms with van der Waals surface area (Å²) in [6.07, 6.45) is -3.41. The van der Waals surface area contributed by atoms with Gasteiger partial charge in [-0.2, -0.15) is 0 Å². The summed E-state index contributed by atoms with van der Waals surface area (Å²) in [5.74, 6) is -1.70. The summed E-state index contributed by atoms with van der Waals surface area (Å²) >= 11 is 0. The Morgan fingerprint density at radius 2 is 2.00 bits per heavy atom. The molecule has 0 aromatic heterocycles. The van der Waals surface area contributed by atoms with Gasteiger partial charge < -0.3 is 14.9 Å². The van der Waals surface area contributed by atoms with Gasteiger partial charge in [-0.15, -0.1) is 0 Å². The Hall–Kier alpha value is -1.46. The summed E-state index contributed by atoms with van der Waals surface area (Å²) in [7, 11) is 1.07. The number of carbonyl (C=O) groups is 1. The minimum Gasteiger partial charge on any atom is -0.467 e. The number of rotatable bonds is 3. The number of hydrogen-bond donors (Lipinski definition) is 2. The van der Waals surface area contributed by atoms with Crippen LogP contribution in [0.4, 0.5) is 4.39 Å². The van der Waals surface area contributed by atoms with Crippen LogP contribution in [0.3, 0.4) is 0 Å². The SMILES string of the molecule is COC(=O)C(O)C(O)c1ccccc1F. The van der Waals surface area contributed by atoms with Gasteiger partial charge in [-0.25, -0.2) is 9.18 Å². The molecule has 0 bridgehead atoms.